The van der Waals surface area contributed by atoms with Crippen molar-refractivity contribution in [2.45, 2.75) is 27.2 Å². The van der Waals surface area contributed by atoms with E-state index in [1.54, 1.807) is 6.08 Å². The van der Waals surface area contributed by atoms with Crippen LogP contribution in [0.15, 0.2) is 12.7 Å². The fraction of sp³-hybridized carbons (Fsp3) is 0.692. The zero-order valence-electron chi connectivity index (χ0n) is 11.2. The predicted molar refractivity (Wildman–Crippen MR) is 63.2 cm³/mol. The molecule has 1 fully saturated rings. The first-order valence-corrected chi connectivity index (χ1v) is 5.58. The number of hydrogen-bond acceptors (Lipinski definition) is 1. The molecule has 0 aromatic carbocycles. The Kier molecular flexibility index (Phi) is 9.05. The number of nitrogens with zero attached hydrogens (tertiary/aromatic N) is 1. The van der Waals surface area contributed by atoms with Crippen LogP contribution in [0.3, 0.4) is 0 Å². The Bertz CT molecular complexity index is 263. The number of likely N-dealkylation sites (tertiary alicyclic amines) is 1. The van der Waals surface area contributed by atoms with Gasteiger partial charge in [-0.25, -0.2) is 0 Å². The fourth-order valence-corrected chi connectivity index (χ4v) is 2.17. The molecule has 1 rings (SSSR count). The van der Waals surface area contributed by atoms with Gasteiger partial charge in [-0.15, -0.1) is 6.58 Å². The van der Waals surface area contributed by atoms with Crippen LogP contribution in [0, 0.1) is 24.2 Å². The molecule has 0 unspecified atom stereocenters. The van der Waals surface area contributed by atoms with Crippen LogP contribution in [0.5, 0.6) is 0 Å². The standard InChI is InChI=1S/C13H22NO.ClH.Hg/c1-6-7-14-9-10(2)11(12(14)15)8-13(3,4)5;;/h6,10-11H,1-2,7-9H2,3-5H3;1H;/q;;+1/p-1/t10-,11+;;/m0../s1. The van der Waals surface area contributed by atoms with E-state index in [0.29, 0.717) is 6.54 Å². The second-order valence-electron chi connectivity index (χ2n) is 5.66. The minimum absolute atomic E-state index is 0. The third-order valence-electron chi connectivity index (χ3n) is 2.83. The molecule has 0 spiro atoms. The van der Waals surface area contributed by atoms with Crippen LogP contribution in [0.2, 0.25) is 0 Å². The number of amides is 1. The van der Waals surface area contributed by atoms with Gasteiger partial charge in [-0.1, -0.05) is 26.8 Å². The molecule has 4 heteroatoms. The van der Waals surface area contributed by atoms with Crippen molar-refractivity contribution in [2.75, 3.05) is 13.1 Å². The van der Waals surface area contributed by atoms with Gasteiger partial charge < -0.3 is 17.3 Å². The number of carbonyl (C=O) groups is 1. The molecule has 17 heavy (non-hydrogen) atoms. The van der Waals surface area contributed by atoms with Crippen molar-refractivity contribution in [3.63, 3.8) is 0 Å². The van der Waals surface area contributed by atoms with Gasteiger partial charge in [-0.05, 0) is 24.7 Å². The van der Waals surface area contributed by atoms with Crippen LogP contribution in [-0.4, -0.2) is 23.9 Å². The van der Waals surface area contributed by atoms with Gasteiger partial charge in [-0.2, -0.15) is 0 Å². The van der Waals surface area contributed by atoms with Gasteiger partial charge in [-0.3, -0.25) is 4.79 Å². The van der Waals surface area contributed by atoms with E-state index in [1.807, 2.05) is 4.90 Å². The van der Waals surface area contributed by atoms with E-state index in [-0.39, 0.29) is 63.2 Å². The minimum atomic E-state index is 0. The molecule has 0 N–H and O–H groups in total. The zero-order valence-corrected chi connectivity index (χ0v) is 17.5. The van der Waals surface area contributed by atoms with Crippen LogP contribution in [0.1, 0.15) is 27.2 Å². The largest absolute Gasteiger partial charge is 1.00 e. The van der Waals surface area contributed by atoms with Gasteiger partial charge in [0.1, 0.15) is 0 Å². The van der Waals surface area contributed by atoms with E-state index in [0.717, 1.165) is 13.0 Å². The van der Waals surface area contributed by atoms with Crippen LogP contribution < -0.4 is 12.4 Å². The summed E-state index contributed by atoms with van der Waals surface area (Å²) in [6.45, 7) is 15.7. The summed E-state index contributed by atoms with van der Waals surface area (Å²) >= 11 is 0. The van der Waals surface area contributed by atoms with E-state index in [4.69, 9.17) is 0 Å². The number of rotatable bonds is 3. The summed E-state index contributed by atoms with van der Waals surface area (Å²) in [6.07, 6.45) is 2.71. The van der Waals surface area contributed by atoms with E-state index in [9.17, 15) is 4.79 Å². The molecule has 1 heterocycles. The topological polar surface area (TPSA) is 20.3 Å². The van der Waals surface area contributed by atoms with E-state index in [1.165, 1.54) is 0 Å². The average Bonchev–Trinajstić information content (AvgIpc) is 2.32. The number of halogens is 1. The van der Waals surface area contributed by atoms with Gasteiger partial charge in [0.2, 0.25) is 5.91 Å². The van der Waals surface area contributed by atoms with Crippen LogP contribution in [-0.2, 0) is 32.5 Å². The molecule has 0 aromatic heterocycles. The molecule has 2 radical (unpaired) electrons. The maximum absolute atomic E-state index is 12.0. The summed E-state index contributed by atoms with van der Waals surface area (Å²) in [6, 6.07) is 0. The summed E-state index contributed by atoms with van der Waals surface area (Å²) in [7, 11) is 0. The Morgan fingerprint density at radius 2 is 2.00 bits per heavy atom. The second-order valence-corrected chi connectivity index (χ2v) is 5.66. The molecule has 1 saturated heterocycles. The molecule has 94 valence electrons. The third kappa shape index (κ3) is 5.74. The van der Waals surface area contributed by atoms with E-state index < -0.39 is 0 Å². The third-order valence-corrected chi connectivity index (χ3v) is 2.83. The van der Waals surface area contributed by atoms with Gasteiger partial charge >= 0.3 is 27.7 Å². The Labute approximate surface area is 132 Å². The fourth-order valence-electron chi connectivity index (χ4n) is 2.17. The predicted octanol–water partition coefficient (Wildman–Crippen LogP) is -0.481. The van der Waals surface area contributed by atoms with E-state index >= 15 is 0 Å². The molecule has 1 aliphatic heterocycles. The Balaban J connectivity index is 0. The molecule has 2 atom stereocenters. The van der Waals surface area contributed by atoms with Crippen LogP contribution >= 0.6 is 0 Å². The van der Waals surface area contributed by atoms with E-state index in [2.05, 4.69) is 34.3 Å². The molecule has 0 aliphatic carbocycles. The first-order valence-electron chi connectivity index (χ1n) is 5.58. The molecule has 0 aromatic rings. The van der Waals surface area contributed by atoms with Crippen molar-refractivity contribution in [3.8, 4) is 0 Å². The van der Waals surface area contributed by atoms with Gasteiger partial charge in [0, 0.05) is 19.0 Å². The Morgan fingerprint density at radius 1 is 1.47 bits per heavy atom. The van der Waals surface area contributed by atoms with Crippen molar-refractivity contribution in [2.24, 2.45) is 17.3 Å². The second kappa shape index (κ2) is 7.78. The summed E-state index contributed by atoms with van der Waals surface area (Å²) in [5.74, 6) is 0.589. The zero-order chi connectivity index (χ0) is 11.6. The van der Waals surface area contributed by atoms with Crippen LogP contribution in [0.4, 0.5) is 0 Å². The number of carbonyl (C=O) groups excluding carboxylic acids is 1. The molecule has 0 saturated carbocycles. The normalized spacial score (nSPS) is 24.0. The van der Waals surface area contributed by atoms with Crippen molar-refractivity contribution in [3.05, 3.63) is 19.6 Å². The molecule has 2 nitrogen and oxygen atoms in total. The summed E-state index contributed by atoms with van der Waals surface area (Å²) in [4.78, 5) is 13.9. The first kappa shape index (κ1) is 19.8. The van der Waals surface area contributed by atoms with Gasteiger partial charge in [0.05, 0.1) is 0 Å². The van der Waals surface area contributed by atoms with Crippen molar-refractivity contribution >= 4 is 5.91 Å². The van der Waals surface area contributed by atoms with Crippen molar-refractivity contribution in [1.29, 1.82) is 0 Å². The molecule has 1 aliphatic rings. The van der Waals surface area contributed by atoms with Gasteiger partial charge in [0.25, 0.3) is 0 Å². The van der Waals surface area contributed by atoms with Crippen LogP contribution in [0.25, 0.3) is 0 Å². The first-order chi connectivity index (χ1) is 6.85. The summed E-state index contributed by atoms with van der Waals surface area (Å²) in [5.41, 5.74) is 0.195. The molecular formula is C13H22ClHgNO. The minimum Gasteiger partial charge on any atom is -1.00 e. The Hall–Kier alpha value is 0.435. The molecule has 1 amide bonds. The SMILES string of the molecule is [CH2][C@H]1CN(CC=C)C(=O)[C@@H]1CC(C)(C)C.[Cl-].[Hg+]. The van der Waals surface area contributed by atoms with Crippen molar-refractivity contribution < 1.29 is 44.9 Å². The summed E-state index contributed by atoms with van der Waals surface area (Å²) < 4.78 is 0. The maximum atomic E-state index is 12.0. The summed E-state index contributed by atoms with van der Waals surface area (Å²) in [5, 5.41) is 0. The Morgan fingerprint density at radius 3 is 2.41 bits per heavy atom. The molecular weight excluding hydrogens is 422 g/mol. The van der Waals surface area contributed by atoms with Crippen molar-refractivity contribution in [1.82, 2.24) is 4.90 Å². The van der Waals surface area contributed by atoms with Gasteiger partial charge in [0.15, 0.2) is 0 Å². The molecule has 0 bridgehead atoms. The number of hydrogen-bond donors (Lipinski definition) is 0. The quantitative estimate of drug-likeness (QED) is 0.426. The maximum Gasteiger partial charge on any atom is 1.00 e. The smallest absolute Gasteiger partial charge is 1.00 e. The average molecular weight is 444 g/mol. The monoisotopic (exact) mass is 445 g/mol.